The topological polar surface area (TPSA) is 53.9 Å². The number of thiocarbonyl (C=S) groups is 1. The van der Waals surface area contributed by atoms with Crippen LogP contribution in [0.4, 0.5) is 10.5 Å². The van der Waals surface area contributed by atoms with Crippen LogP contribution in [0.25, 0.3) is 0 Å². The van der Waals surface area contributed by atoms with Crippen molar-refractivity contribution in [1.29, 1.82) is 0 Å². The van der Waals surface area contributed by atoms with Crippen LogP contribution in [0.2, 0.25) is 5.02 Å². The summed E-state index contributed by atoms with van der Waals surface area (Å²) >= 11 is 13.5. The highest BCUT2D eigenvalue weighted by Crippen LogP contribution is 2.40. The second kappa shape index (κ2) is 7.58. The number of benzene rings is 1. The summed E-state index contributed by atoms with van der Waals surface area (Å²) < 4.78 is 5.16. The summed E-state index contributed by atoms with van der Waals surface area (Å²) in [5, 5.41) is 4.03. The molecular formula is C19H18ClN3O2S2. The summed E-state index contributed by atoms with van der Waals surface area (Å²) in [5.41, 5.74) is 3.97. The highest BCUT2D eigenvalue weighted by Gasteiger charge is 2.31. The Bertz CT molecular complexity index is 954. The number of nitrogens with zero attached hydrogens (tertiary/aromatic N) is 2. The smallest absolute Gasteiger partial charge is 0.410 e. The molecule has 0 radical (unpaired) electrons. The lowest BCUT2D eigenvalue weighted by atomic mass is 10.0. The van der Waals surface area contributed by atoms with Gasteiger partial charge in [0, 0.05) is 22.0 Å². The molecule has 5 nitrogen and oxygen atoms in total. The van der Waals surface area contributed by atoms with E-state index in [1.54, 1.807) is 16.2 Å². The Morgan fingerprint density at radius 1 is 1.44 bits per heavy atom. The van der Waals surface area contributed by atoms with E-state index in [4.69, 9.17) is 33.5 Å². The average molecular weight is 420 g/mol. The molecule has 1 amide bonds. The number of anilines is 1. The van der Waals surface area contributed by atoms with Gasteiger partial charge in [-0.3, -0.25) is 4.99 Å². The maximum atomic E-state index is 12.1. The molecule has 8 heteroatoms. The van der Waals surface area contributed by atoms with Gasteiger partial charge >= 0.3 is 6.09 Å². The molecule has 0 saturated carbocycles. The number of aliphatic imine (C=N–C) groups is 1. The molecule has 0 bridgehead atoms. The van der Waals surface area contributed by atoms with E-state index in [1.165, 1.54) is 5.56 Å². The Morgan fingerprint density at radius 2 is 2.26 bits per heavy atom. The summed E-state index contributed by atoms with van der Waals surface area (Å²) in [6.45, 7) is 3.79. The molecule has 2 aliphatic rings. The molecule has 0 spiro atoms. The molecule has 1 aromatic carbocycles. The number of amides is 1. The van der Waals surface area contributed by atoms with Gasteiger partial charge < -0.3 is 15.0 Å². The molecule has 2 aromatic rings. The van der Waals surface area contributed by atoms with E-state index in [0.29, 0.717) is 36.3 Å². The van der Waals surface area contributed by atoms with Crippen molar-refractivity contribution in [1.82, 2.24) is 4.90 Å². The van der Waals surface area contributed by atoms with Crippen molar-refractivity contribution in [2.24, 2.45) is 4.99 Å². The molecule has 0 fully saturated rings. The number of fused-ring (bicyclic) bond motifs is 3. The van der Waals surface area contributed by atoms with Gasteiger partial charge in [-0.2, -0.15) is 0 Å². The maximum absolute atomic E-state index is 12.1. The van der Waals surface area contributed by atoms with Crippen LogP contribution in [0.1, 0.15) is 27.8 Å². The Morgan fingerprint density at radius 3 is 3.04 bits per heavy atom. The Kier molecular flexibility index (Phi) is 5.16. The molecule has 140 valence electrons. The molecule has 27 heavy (non-hydrogen) atoms. The lowest BCUT2D eigenvalue weighted by Gasteiger charge is -2.26. The molecule has 0 unspecified atom stereocenters. The van der Waals surface area contributed by atoms with Gasteiger partial charge in [0.15, 0.2) is 0 Å². The monoisotopic (exact) mass is 419 g/mol. The first-order chi connectivity index (χ1) is 13.1. The van der Waals surface area contributed by atoms with Crippen molar-refractivity contribution < 1.29 is 9.53 Å². The number of ether oxygens (including phenoxy) is 1. The van der Waals surface area contributed by atoms with Crippen molar-refractivity contribution in [2.45, 2.75) is 19.9 Å². The first-order valence-electron chi connectivity index (χ1n) is 8.74. The van der Waals surface area contributed by atoms with Gasteiger partial charge in [0.05, 0.1) is 36.0 Å². The zero-order valence-corrected chi connectivity index (χ0v) is 17.1. The van der Waals surface area contributed by atoms with Gasteiger partial charge in [-0.15, -0.1) is 11.3 Å². The van der Waals surface area contributed by atoms with Gasteiger partial charge in [-0.05, 0) is 25.0 Å². The van der Waals surface area contributed by atoms with Crippen LogP contribution in [0.5, 0.6) is 0 Å². The molecule has 3 heterocycles. The molecule has 0 aliphatic carbocycles. The van der Waals surface area contributed by atoms with Crippen LogP contribution in [-0.2, 0) is 17.7 Å². The van der Waals surface area contributed by atoms with E-state index in [-0.39, 0.29) is 6.09 Å². The molecule has 4 rings (SSSR count). The fourth-order valence-corrected chi connectivity index (χ4v) is 5.07. The van der Waals surface area contributed by atoms with Crippen LogP contribution >= 0.6 is 35.2 Å². The van der Waals surface area contributed by atoms with Crippen molar-refractivity contribution >= 4 is 57.6 Å². The Labute approximate surface area is 172 Å². The highest BCUT2D eigenvalue weighted by atomic mass is 35.5. The quantitative estimate of drug-likeness (QED) is 0.728. The second-order valence-electron chi connectivity index (χ2n) is 6.27. The van der Waals surface area contributed by atoms with Crippen LogP contribution in [-0.4, -0.2) is 41.4 Å². The third kappa shape index (κ3) is 3.47. The summed E-state index contributed by atoms with van der Waals surface area (Å²) in [4.78, 5) is 21.4. The first kappa shape index (κ1) is 18.4. The van der Waals surface area contributed by atoms with Gasteiger partial charge in [-0.25, -0.2) is 4.79 Å². The summed E-state index contributed by atoms with van der Waals surface area (Å²) in [6, 6.07) is 7.70. The number of thiophene rings is 1. The van der Waals surface area contributed by atoms with Crippen molar-refractivity contribution in [3.63, 3.8) is 0 Å². The Balaban J connectivity index is 1.77. The van der Waals surface area contributed by atoms with E-state index in [9.17, 15) is 4.79 Å². The normalized spacial score (nSPS) is 16.0. The summed E-state index contributed by atoms with van der Waals surface area (Å²) in [5.74, 6) is 0. The van der Waals surface area contributed by atoms with Crippen molar-refractivity contribution in [2.75, 3.05) is 25.0 Å². The van der Waals surface area contributed by atoms with E-state index in [2.05, 4.69) is 5.32 Å². The number of nitrogens with one attached hydrogen (secondary N) is 1. The van der Waals surface area contributed by atoms with Gasteiger partial charge in [0.2, 0.25) is 0 Å². The molecule has 0 saturated heterocycles. The number of hydrogen-bond donors (Lipinski definition) is 1. The van der Waals surface area contributed by atoms with Gasteiger partial charge in [-0.1, -0.05) is 42.0 Å². The summed E-state index contributed by atoms with van der Waals surface area (Å²) in [6.07, 6.45) is 0.487. The SMILES string of the molecule is CCOC(=O)N1CCc2c(sc3c2NC(=S)CN=C3c2ccccc2Cl)C1. The fourth-order valence-electron chi connectivity index (χ4n) is 3.34. The minimum Gasteiger partial charge on any atom is -0.450 e. The van der Waals surface area contributed by atoms with E-state index >= 15 is 0 Å². The number of carbonyl (C=O) groups excluding carboxylic acids is 1. The molecule has 0 atom stereocenters. The van der Waals surface area contributed by atoms with Crippen LogP contribution in [0.15, 0.2) is 29.3 Å². The number of carbonyl (C=O) groups is 1. The average Bonchev–Trinajstić information content (AvgIpc) is 2.92. The van der Waals surface area contributed by atoms with Crippen LogP contribution < -0.4 is 5.32 Å². The minimum atomic E-state index is -0.268. The van der Waals surface area contributed by atoms with Crippen molar-refractivity contribution in [3.8, 4) is 0 Å². The Hall–Kier alpha value is -1.96. The van der Waals surface area contributed by atoms with E-state index < -0.39 is 0 Å². The standard InChI is InChI=1S/C19H18ClN3O2S2/c1-2-25-19(24)23-8-7-12-14(10-23)27-18-16(11-5-3-4-6-13(11)20)21-9-15(26)22-17(12)18/h3-6H,2,7-10H2,1H3,(H,22,26). The minimum absolute atomic E-state index is 0.268. The molecule has 1 aromatic heterocycles. The number of halogens is 1. The maximum Gasteiger partial charge on any atom is 0.410 e. The predicted octanol–water partition coefficient (Wildman–Crippen LogP) is 4.51. The van der Waals surface area contributed by atoms with Crippen LogP contribution in [0, 0.1) is 0 Å². The lowest BCUT2D eigenvalue weighted by Crippen LogP contribution is -2.36. The lowest BCUT2D eigenvalue weighted by molar-refractivity contribution is 0.103. The highest BCUT2D eigenvalue weighted by molar-refractivity contribution is 7.80. The van der Waals surface area contributed by atoms with Crippen LogP contribution in [0.3, 0.4) is 0 Å². The zero-order valence-electron chi connectivity index (χ0n) is 14.8. The van der Waals surface area contributed by atoms with Crippen molar-refractivity contribution in [3.05, 3.63) is 50.2 Å². The van der Waals surface area contributed by atoms with Gasteiger partial charge in [0.1, 0.15) is 4.99 Å². The van der Waals surface area contributed by atoms with E-state index in [1.807, 2.05) is 31.2 Å². The largest absolute Gasteiger partial charge is 0.450 e. The van der Waals surface area contributed by atoms with E-state index in [0.717, 1.165) is 33.1 Å². The number of hydrogen-bond acceptors (Lipinski definition) is 5. The molecular weight excluding hydrogens is 402 g/mol. The number of rotatable bonds is 2. The molecule has 2 aliphatic heterocycles. The first-order valence-corrected chi connectivity index (χ1v) is 10.3. The molecule has 1 N–H and O–H groups in total. The summed E-state index contributed by atoms with van der Waals surface area (Å²) in [7, 11) is 0. The second-order valence-corrected chi connectivity index (χ2v) is 8.28. The van der Waals surface area contributed by atoms with Gasteiger partial charge in [0.25, 0.3) is 0 Å². The predicted molar refractivity (Wildman–Crippen MR) is 114 cm³/mol. The third-order valence-electron chi connectivity index (χ3n) is 4.57. The zero-order chi connectivity index (χ0) is 19.0. The third-order valence-corrected chi connectivity index (χ3v) is 6.36. The fraction of sp³-hybridized carbons (Fsp3) is 0.316.